The number of fused-ring (bicyclic) bond motifs is 1. The molecule has 0 aliphatic carbocycles. The van der Waals surface area contributed by atoms with Gasteiger partial charge < -0.3 is 5.01 Å². The van der Waals surface area contributed by atoms with Crippen molar-refractivity contribution in [2.24, 2.45) is 0 Å². The van der Waals surface area contributed by atoms with Gasteiger partial charge in [0.2, 0.25) is 0 Å². The summed E-state index contributed by atoms with van der Waals surface area (Å²) in [7, 11) is 0. The highest BCUT2D eigenvalue weighted by Gasteiger charge is 2.34. The molecule has 0 atom stereocenters. The average molecular weight is 218 g/mol. The van der Waals surface area contributed by atoms with E-state index in [1.54, 1.807) is 0 Å². The smallest absolute Gasteiger partial charge is 0.0558 e. The van der Waals surface area contributed by atoms with Gasteiger partial charge in [-0.3, -0.25) is 0 Å². The Labute approximate surface area is 98.6 Å². The lowest BCUT2D eigenvalue weighted by molar-refractivity contribution is 0.299. The largest absolute Gasteiger partial charge is 0.302 e. The Hall–Kier alpha value is -1.02. The van der Waals surface area contributed by atoms with Crippen molar-refractivity contribution in [3.05, 3.63) is 29.8 Å². The highest BCUT2D eigenvalue weighted by Crippen LogP contribution is 2.33. The van der Waals surface area contributed by atoms with Gasteiger partial charge in [0.05, 0.1) is 5.69 Å². The quantitative estimate of drug-likeness (QED) is 0.719. The number of para-hydroxylation sites is 1. The fourth-order valence-electron chi connectivity index (χ4n) is 2.29. The van der Waals surface area contributed by atoms with Crippen LogP contribution in [0.15, 0.2) is 24.3 Å². The third kappa shape index (κ3) is 2.07. The molecule has 2 heteroatoms. The maximum Gasteiger partial charge on any atom is 0.0558 e. The van der Waals surface area contributed by atoms with Crippen LogP contribution < -0.4 is 10.4 Å². The predicted octanol–water partition coefficient (Wildman–Crippen LogP) is 3.13. The molecule has 0 aromatic heterocycles. The Morgan fingerprint density at radius 3 is 2.44 bits per heavy atom. The number of benzene rings is 1. The Bertz CT molecular complexity index is 388. The van der Waals surface area contributed by atoms with Crippen molar-refractivity contribution in [3.8, 4) is 0 Å². The number of rotatable bonds is 0. The van der Waals surface area contributed by atoms with E-state index in [0.717, 1.165) is 6.42 Å². The first-order valence-corrected chi connectivity index (χ1v) is 5.96. The molecule has 2 nitrogen and oxygen atoms in total. The molecule has 0 radical (unpaired) electrons. The molecule has 0 spiro atoms. The van der Waals surface area contributed by atoms with Gasteiger partial charge in [0.25, 0.3) is 0 Å². The topological polar surface area (TPSA) is 15.3 Å². The molecular formula is C14H22N2. The molecule has 0 fully saturated rings. The molecule has 0 amide bonds. The SMILES string of the molecule is CC1(C)Cc2ccccc2N(C(C)(C)C)N1. The van der Waals surface area contributed by atoms with Crippen LogP contribution in [-0.4, -0.2) is 11.1 Å². The molecule has 0 unspecified atom stereocenters. The summed E-state index contributed by atoms with van der Waals surface area (Å²) in [6.07, 6.45) is 1.08. The summed E-state index contributed by atoms with van der Waals surface area (Å²) in [5.41, 5.74) is 6.59. The first kappa shape index (κ1) is 11.5. The van der Waals surface area contributed by atoms with Gasteiger partial charge in [-0.1, -0.05) is 18.2 Å². The lowest BCUT2D eigenvalue weighted by Gasteiger charge is -2.48. The van der Waals surface area contributed by atoms with E-state index in [4.69, 9.17) is 0 Å². The summed E-state index contributed by atoms with van der Waals surface area (Å²) in [6.45, 7) is 11.2. The molecule has 16 heavy (non-hydrogen) atoms. The van der Waals surface area contributed by atoms with E-state index in [2.05, 4.69) is 69.3 Å². The molecule has 1 aliphatic heterocycles. The van der Waals surface area contributed by atoms with Gasteiger partial charge in [-0.25, -0.2) is 5.43 Å². The van der Waals surface area contributed by atoms with Crippen LogP contribution in [0.25, 0.3) is 0 Å². The zero-order valence-corrected chi connectivity index (χ0v) is 11.0. The molecule has 1 aliphatic rings. The van der Waals surface area contributed by atoms with Crippen LogP contribution in [0.3, 0.4) is 0 Å². The first-order valence-electron chi connectivity index (χ1n) is 5.96. The van der Waals surface area contributed by atoms with Gasteiger partial charge >= 0.3 is 0 Å². The second-order valence-corrected chi connectivity index (χ2v) is 6.31. The van der Waals surface area contributed by atoms with E-state index >= 15 is 0 Å². The maximum absolute atomic E-state index is 3.62. The molecule has 1 aromatic carbocycles. The lowest BCUT2D eigenvalue weighted by Crippen LogP contribution is -2.62. The number of hydrogen-bond donors (Lipinski definition) is 1. The van der Waals surface area contributed by atoms with Gasteiger partial charge in [0.1, 0.15) is 0 Å². The molecule has 0 saturated heterocycles. The van der Waals surface area contributed by atoms with Crippen LogP contribution in [-0.2, 0) is 6.42 Å². The molecule has 0 bridgehead atoms. The number of hydrogen-bond acceptors (Lipinski definition) is 2. The van der Waals surface area contributed by atoms with Crippen molar-refractivity contribution >= 4 is 5.69 Å². The van der Waals surface area contributed by atoms with Crippen molar-refractivity contribution in [1.82, 2.24) is 5.43 Å². The predicted molar refractivity (Wildman–Crippen MR) is 69.6 cm³/mol. The monoisotopic (exact) mass is 218 g/mol. The van der Waals surface area contributed by atoms with Crippen LogP contribution in [0.1, 0.15) is 40.2 Å². The van der Waals surface area contributed by atoms with E-state index < -0.39 is 0 Å². The van der Waals surface area contributed by atoms with Crippen molar-refractivity contribution in [1.29, 1.82) is 0 Å². The summed E-state index contributed by atoms with van der Waals surface area (Å²) >= 11 is 0. The lowest BCUT2D eigenvalue weighted by atomic mass is 9.90. The third-order valence-electron chi connectivity index (χ3n) is 2.95. The number of hydrazine groups is 1. The molecule has 0 saturated carbocycles. The highest BCUT2D eigenvalue weighted by molar-refractivity contribution is 5.57. The summed E-state index contributed by atoms with van der Waals surface area (Å²) < 4.78 is 0. The highest BCUT2D eigenvalue weighted by atomic mass is 15.6. The van der Waals surface area contributed by atoms with Crippen LogP contribution in [0, 0.1) is 0 Å². The summed E-state index contributed by atoms with van der Waals surface area (Å²) in [5, 5.41) is 2.30. The van der Waals surface area contributed by atoms with Crippen molar-refractivity contribution in [2.75, 3.05) is 5.01 Å². The number of anilines is 1. The Morgan fingerprint density at radius 1 is 1.19 bits per heavy atom. The van der Waals surface area contributed by atoms with E-state index in [0.29, 0.717) is 0 Å². The van der Waals surface area contributed by atoms with Crippen molar-refractivity contribution in [2.45, 2.75) is 52.1 Å². The Kier molecular flexibility index (Phi) is 2.50. The van der Waals surface area contributed by atoms with Crippen LogP contribution in [0.4, 0.5) is 5.69 Å². The first-order chi connectivity index (χ1) is 7.30. The summed E-state index contributed by atoms with van der Waals surface area (Å²) in [5.74, 6) is 0. The fraction of sp³-hybridized carbons (Fsp3) is 0.571. The molecule has 2 rings (SSSR count). The summed E-state index contributed by atoms with van der Waals surface area (Å²) in [4.78, 5) is 0. The fourth-order valence-corrected chi connectivity index (χ4v) is 2.29. The van der Waals surface area contributed by atoms with Gasteiger partial charge in [-0.2, -0.15) is 0 Å². The van der Waals surface area contributed by atoms with E-state index in [1.165, 1.54) is 11.3 Å². The zero-order chi connectivity index (χ0) is 12.0. The zero-order valence-electron chi connectivity index (χ0n) is 11.0. The second kappa shape index (κ2) is 3.49. The normalized spacial score (nSPS) is 19.4. The van der Waals surface area contributed by atoms with E-state index in [1.807, 2.05) is 0 Å². The molecule has 1 aromatic rings. The molecule has 1 heterocycles. The number of nitrogens with one attached hydrogen (secondary N) is 1. The minimum atomic E-state index is 0.0911. The van der Waals surface area contributed by atoms with E-state index in [-0.39, 0.29) is 11.1 Å². The minimum absolute atomic E-state index is 0.0911. The third-order valence-corrected chi connectivity index (χ3v) is 2.95. The standard InChI is InChI=1S/C14H22N2/c1-13(2,3)16-12-9-7-6-8-11(12)10-14(4,5)15-16/h6-9,15H,10H2,1-5H3. The Balaban J connectivity index is 2.48. The molecule has 88 valence electrons. The van der Waals surface area contributed by atoms with Crippen LogP contribution in [0.5, 0.6) is 0 Å². The average Bonchev–Trinajstić information content (AvgIpc) is 2.13. The van der Waals surface area contributed by atoms with Crippen molar-refractivity contribution < 1.29 is 0 Å². The maximum atomic E-state index is 3.62. The number of nitrogens with zero attached hydrogens (tertiary/aromatic N) is 1. The summed E-state index contributed by atoms with van der Waals surface area (Å²) in [6, 6.07) is 8.66. The van der Waals surface area contributed by atoms with Crippen LogP contribution >= 0.6 is 0 Å². The molecular weight excluding hydrogens is 196 g/mol. The van der Waals surface area contributed by atoms with Gasteiger partial charge in [-0.15, -0.1) is 0 Å². The minimum Gasteiger partial charge on any atom is -0.302 e. The second-order valence-electron chi connectivity index (χ2n) is 6.31. The van der Waals surface area contributed by atoms with Gasteiger partial charge in [0, 0.05) is 11.1 Å². The van der Waals surface area contributed by atoms with Crippen LogP contribution in [0.2, 0.25) is 0 Å². The van der Waals surface area contributed by atoms with Gasteiger partial charge in [0.15, 0.2) is 0 Å². The Morgan fingerprint density at radius 2 is 1.81 bits per heavy atom. The molecule has 1 N–H and O–H groups in total. The van der Waals surface area contributed by atoms with E-state index in [9.17, 15) is 0 Å². The van der Waals surface area contributed by atoms with Gasteiger partial charge in [-0.05, 0) is 52.7 Å². The van der Waals surface area contributed by atoms with Crippen molar-refractivity contribution in [3.63, 3.8) is 0 Å².